The highest BCUT2D eigenvalue weighted by Crippen LogP contribution is 2.64. The van der Waals surface area contributed by atoms with E-state index in [1.165, 1.54) is 6.92 Å². The molecule has 0 unspecified atom stereocenters. The Bertz CT molecular complexity index is 1070. The number of hydrogen-bond donors (Lipinski definition) is 0. The Hall–Kier alpha value is -2.07. The fourth-order valence-electron chi connectivity index (χ4n) is 2.50. The SMILES string of the molecule is C=C(CCC)C(=O)ON(CCCC)S(=O)(=O)C(F)(F)C(F)(F)C(F)(F)C(F)(F)C(F)(F)C(F)(F)C(F)(F)C(F)(F)F. The number of carbonyl (C=O) groups excluding carboxylic acids is 1. The van der Waals surface area contributed by atoms with Gasteiger partial charge in [0, 0.05) is 5.57 Å². The minimum absolute atomic E-state index is 0.0252. The minimum Gasteiger partial charge on any atom is -0.349 e. The van der Waals surface area contributed by atoms with Crippen LogP contribution in [0.3, 0.4) is 0 Å². The van der Waals surface area contributed by atoms with Crippen LogP contribution < -0.4 is 0 Å². The second-order valence-corrected chi connectivity index (χ2v) is 9.95. The third kappa shape index (κ3) is 5.92. The third-order valence-electron chi connectivity index (χ3n) is 5.00. The average molecular weight is 667 g/mol. The second kappa shape index (κ2) is 11.5. The standard InChI is InChI=1S/C18H18F17NO4S/c1-4-6-8-36(40-10(37)9(3)7-5-2)41(38,39)18(34,35)16(29,30)14(25,26)12(21,22)11(19,20)13(23,24)15(27,28)17(31,32)33/h3-8H2,1-2H3. The number of halogens is 17. The molecule has 0 radical (unpaired) electrons. The van der Waals surface area contributed by atoms with Crippen molar-refractivity contribution in [2.75, 3.05) is 6.54 Å². The predicted octanol–water partition coefficient (Wildman–Crippen LogP) is 7.20. The van der Waals surface area contributed by atoms with Crippen LogP contribution in [-0.4, -0.2) is 72.4 Å². The molecule has 0 aromatic rings. The lowest BCUT2D eigenvalue weighted by molar-refractivity contribution is -0.458. The van der Waals surface area contributed by atoms with E-state index < -0.39 is 86.0 Å². The highest BCUT2D eigenvalue weighted by atomic mass is 32.2. The Balaban J connectivity index is 7.07. The zero-order valence-electron chi connectivity index (χ0n) is 20.2. The molecule has 0 heterocycles. The van der Waals surface area contributed by atoms with E-state index in [0.717, 1.165) is 6.92 Å². The van der Waals surface area contributed by atoms with E-state index in [4.69, 9.17) is 0 Å². The topological polar surface area (TPSA) is 63.7 Å². The Morgan fingerprint density at radius 2 is 1.02 bits per heavy atom. The summed E-state index contributed by atoms with van der Waals surface area (Å²) < 4.78 is 252. The Morgan fingerprint density at radius 3 is 1.37 bits per heavy atom. The number of unbranched alkanes of at least 4 members (excludes halogenated alkanes) is 1. The number of sulfonamides is 1. The van der Waals surface area contributed by atoms with Gasteiger partial charge in [-0.05, 0) is 17.3 Å². The molecule has 0 rings (SSSR count). The molecule has 0 bridgehead atoms. The lowest BCUT2D eigenvalue weighted by Crippen LogP contribution is -2.75. The molecule has 0 aromatic carbocycles. The first-order valence-electron chi connectivity index (χ1n) is 10.5. The zero-order chi connectivity index (χ0) is 33.5. The van der Waals surface area contributed by atoms with Crippen LogP contribution in [0.25, 0.3) is 0 Å². The molecule has 5 nitrogen and oxygen atoms in total. The first kappa shape index (κ1) is 38.9. The Kier molecular flexibility index (Phi) is 11.0. The molecule has 0 spiro atoms. The van der Waals surface area contributed by atoms with Crippen LogP contribution in [0.5, 0.6) is 0 Å². The van der Waals surface area contributed by atoms with Gasteiger partial charge in [-0.25, -0.2) is 13.2 Å². The summed E-state index contributed by atoms with van der Waals surface area (Å²) in [7, 11) is -7.76. The summed E-state index contributed by atoms with van der Waals surface area (Å²) in [4.78, 5) is 15.7. The third-order valence-corrected chi connectivity index (χ3v) is 6.70. The van der Waals surface area contributed by atoms with Crippen LogP contribution in [0, 0.1) is 0 Å². The maximum absolute atomic E-state index is 14.4. The van der Waals surface area contributed by atoms with E-state index in [2.05, 4.69) is 11.4 Å². The molecule has 0 N–H and O–H groups in total. The van der Waals surface area contributed by atoms with Crippen LogP contribution in [-0.2, 0) is 19.7 Å². The van der Waals surface area contributed by atoms with Gasteiger partial charge in [-0.1, -0.05) is 33.3 Å². The van der Waals surface area contributed by atoms with Gasteiger partial charge in [0.2, 0.25) is 0 Å². The van der Waals surface area contributed by atoms with Crippen molar-refractivity contribution in [2.24, 2.45) is 0 Å². The van der Waals surface area contributed by atoms with E-state index in [0.29, 0.717) is 0 Å². The van der Waals surface area contributed by atoms with Crippen molar-refractivity contribution in [3.8, 4) is 0 Å². The molecular formula is C18H18F17NO4S. The quantitative estimate of drug-likeness (QED) is 0.105. The van der Waals surface area contributed by atoms with Crippen molar-refractivity contribution in [1.82, 2.24) is 4.47 Å². The molecular weight excluding hydrogens is 649 g/mol. The molecule has 23 heteroatoms. The van der Waals surface area contributed by atoms with Crippen molar-refractivity contribution < 1.29 is 92.7 Å². The molecule has 41 heavy (non-hydrogen) atoms. The largest absolute Gasteiger partial charge is 0.460 e. The van der Waals surface area contributed by atoms with Gasteiger partial charge < -0.3 is 4.84 Å². The summed E-state index contributed by atoms with van der Waals surface area (Å²) in [5, 5.41) is -7.83. The fourth-order valence-corrected chi connectivity index (χ4v) is 3.75. The summed E-state index contributed by atoms with van der Waals surface area (Å²) in [5.41, 5.74) is -0.761. The molecule has 0 aliphatic heterocycles. The van der Waals surface area contributed by atoms with E-state index >= 15 is 0 Å². The summed E-state index contributed by atoms with van der Waals surface area (Å²) in [5.74, 6) is -54.3. The molecule has 0 saturated carbocycles. The van der Waals surface area contributed by atoms with Crippen LogP contribution in [0.15, 0.2) is 12.2 Å². The van der Waals surface area contributed by atoms with E-state index in [-0.39, 0.29) is 19.3 Å². The maximum atomic E-state index is 14.4. The van der Waals surface area contributed by atoms with Gasteiger partial charge in [0.25, 0.3) is 0 Å². The van der Waals surface area contributed by atoms with E-state index in [1.54, 1.807) is 0 Å². The lowest BCUT2D eigenvalue weighted by atomic mass is 9.91. The van der Waals surface area contributed by atoms with Crippen molar-refractivity contribution in [1.29, 1.82) is 0 Å². The van der Waals surface area contributed by atoms with Gasteiger partial charge in [-0.3, -0.25) is 0 Å². The summed E-state index contributed by atoms with van der Waals surface area (Å²) in [6, 6.07) is 0. The molecule has 0 fully saturated rings. The maximum Gasteiger partial charge on any atom is 0.460 e. The normalized spacial score (nSPS) is 15.3. The van der Waals surface area contributed by atoms with Gasteiger partial charge in [0.1, 0.15) is 0 Å². The number of hydrogen-bond acceptors (Lipinski definition) is 4. The van der Waals surface area contributed by atoms with Crippen LogP contribution in [0.2, 0.25) is 0 Å². The van der Waals surface area contributed by atoms with Gasteiger partial charge in [-0.15, -0.1) is 0 Å². The Labute approximate surface area is 219 Å². The number of rotatable bonds is 15. The number of carbonyl (C=O) groups is 1. The first-order chi connectivity index (χ1) is 17.8. The second-order valence-electron chi connectivity index (χ2n) is 8.08. The van der Waals surface area contributed by atoms with Crippen molar-refractivity contribution in [3.63, 3.8) is 0 Å². The van der Waals surface area contributed by atoms with Crippen molar-refractivity contribution in [3.05, 3.63) is 12.2 Å². The molecule has 244 valence electrons. The monoisotopic (exact) mass is 667 g/mol. The van der Waals surface area contributed by atoms with Gasteiger partial charge in [0.05, 0.1) is 6.54 Å². The average Bonchev–Trinajstić information content (AvgIpc) is 2.79. The molecule has 0 saturated heterocycles. The van der Waals surface area contributed by atoms with Crippen LogP contribution in [0.4, 0.5) is 74.6 Å². The summed E-state index contributed by atoms with van der Waals surface area (Å²) >= 11 is 0. The van der Waals surface area contributed by atoms with Crippen molar-refractivity contribution >= 4 is 16.0 Å². The van der Waals surface area contributed by atoms with Gasteiger partial charge in [-0.2, -0.15) is 74.6 Å². The first-order valence-corrected chi connectivity index (χ1v) is 11.9. The predicted molar refractivity (Wildman–Crippen MR) is 101 cm³/mol. The summed E-state index contributed by atoms with van der Waals surface area (Å²) in [6.07, 6.45) is -9.30. The molecule has 0 aliphatic rings. The van der Waals surface area contributed by atoms with Crippen molar-refractivity contribution in [2.45, 2.75) is 86.5 Å². The molecule has 0 aliphatic carbocycles. The van der Waals surface area contributed by atoms with E-state index in [1.807, 2.05) is 0 Å². The highest BCUT2D eigenvalue weighted by Gasteiger charge is 2.96. The Morgan fingerprint density at radius 1 is 0.659 bits per heavy atom. The summed E-state index contributed by atoms with van der Waals surface area (Å²) in [6.45, 7) is 3.86. The molecule has 0 amide bonds. The lowest BCUT2D eigenvalue weighted by Gasteiger charge is -2.42. The highest BCUT2D eigenvalue weighted by molar-refractivity contribution is 7.90. The molecule has 0 aromatic heterocycles. The van der Waals surface area contributed by atoms with Crippen LogP contribution >= 0.6 is 0 Å². The van der Waals surface area contributed by atoms with Crippen LogP contribution in [0.1, 0.15) is 39.5 Å². The number of nitrogens with zero attached hydrogens (tertiary/aromatic N) is 1. The molecule has 0 atom stereocenters. The van der Waals surface area contributed by atoms with Gasteiger partial charge in [0.15, 0.2) is 0 Å². The van der Waals surface area contributed by atoms with Gasteiger partial charge >= 0.3 is 63.0 Å². The zero-order valence-corrected chi connectivity index (χ0v) is 21.0. The van der Waals surface area contributed by atoms with E-state index in [9.17, 15) is 87.8 Å². The fraction of sp³-hybridized carbons (Fsp3) is 0.833. The number of alkyl halides is 17. The minimum atomic E-state index is -8.96. The number of hydroxylamine groups is 1. The smallest absolute Gasteiger partial charge is 0.349 e.